The largest absolute Gasteiger partial charge is 0.478 e. The molecule has 102 valence electrons. The lowest BCUT2D eigenvalue weighted by Crippen LogP contribution is -2.45. The molecule has 2 atom stereocenters. The van der Waals surface area contributed by atoms with E-state index in [-0.39, 0.29) is 25.2 Å². The molecular weight excluding hydrogens is 238 g/mol. The van der Waals surface area contributed by atoms with Crippen molar-refractivity contribution in [1.82, 2.24) is 5.32 Å². The molecule has 0 aliphatic rings. The van der Waals surface area contributed by atoms with Gasteiger partial charge in [0.2, 0.25) is 5.91 Å². The van der Waals surface area contributed by atoms with Crippen molar-refractivity contribution in [3.63, 3.8) is 0 Å². The number of rotatable bonds is 8. The quantitative estimate of drug-likeness (QED) is 0.402. The second kappa shape index (κ2) is 8.37. The van der Waals surface area contributed by atoms with E-state index >= 15 is 0 Å². The number of carbonyl (C=O) groups is 3. The van der Waals surface area contributed by atoms with Gasteiger partial charge in [-0.3, -0.25) is 9.59 Å². The van der Waals surface area contributed by atoms with Gasteiger partial charge in [-0.1, -0.05) is 6.08 Å². The van der Waals surface area contributed by atoms with E-state index in [4.69, 9.17) is 16.6 Å². The van der Waals surface area contributed by atoms with Crippen LogP contribution in [0.5, 0.6) is 0 Å². The van der Waals surface area contributed by atoms with Crippen molar-refractivity contribution in [3.8, 4) is 0 Å². The standard InChI is InChI=1S/C11H19N3O4/c1-7(2-3-10(16)17)14-11(18)9(13)6-8(15)4-5-12/h2-3,7,9H,4-6,12-13H2,1H3,(H,14,18)(H,16,17)/b3-2+/t7?,9-/m0/s1. The summed E-state index contributed by atoms with van der Waals surface area (Å²) in [6.07, 6.45) is 2.36. The highest BCUT2D eigenvalue weighted by Gasteiger charge is 2.17. The first-order valence-electron chi connectivity index (χ1n) is 5.55. The van der Waals surface area contributed by atoms with Crippen molar-refractivity contribution in [3.05, 3.63) is 12.2 Å². The lowest BCUT2D eigenvalue weighted by Gasteiger charge is -2.14. The molecule has 1 unspecified atom stereocenters. The Labute approximate surface area is 105 Å². The maximum atomic E-state index is 11.5. The van der Waals surface area contributed by atoms with Gasteiger partial charge in [0.15, 0.2) is 0 Å². The molecule has 6 N–H and O–H groups in total. The molecule has 0 fully saturated rings. The first-order valence-corrected chi connectivity index (χ1v) is 5.55. The number of ketones is 1. The van der Waals surface area contributed by atoms with Gasteiger partial charge in [-0.25, -0.2) is 4.79 Å². The SMILES string of the molecule is CC(/C=C/C(=O)O)NC(=O)[C@@H](N)CC(=O)CCN. The number of aliphatic carboxylic acids is 1. The van der Waals surface area contributed by atoms with E-state index < -0.39 is 24.0 Å². The summed E-state index contributed by atoms with van der Waals surface area (Å²) in [4.78, 5) is 33.0. The Balaban J connectivity index is 4.15. The third-order valence-corrected chi connectivity index (χ3v) is 2.10. The van der Waals surface area contributed by atoms with Crippen LogP contribution in [-0.2, 0) is 14.4 Å². The van der Waals surface area contributed by atoms with Gasteiger partial charge in [0.1, 0.15) is 5.78 Å². The molecule has 0 heterocycles. The highest BCUT2D eigenvalue weighted by Crippen LogP contribution is 1.95. The molecule has 0 rings (SSSR count). The summed E-state index contributed by atoms with van der Waals surface area (Å²) in [5.74, 6) is -1.77. The van der Waals surface area contributed by atoms with E-state index in [0.717, 1.165) is 6.08 Å². The first-order chi connectivity index (χ1) is 8.36. The minimum Gasteiger partial charge on any atom is -0.478 e. The summed E-state index contributed by atoms with van der Waals surface area (Å²) in [7, 11) is 0. The van der Waals surface area contributed by atoms with Crippen LogP contribution in [0.15, 0.2) is 12.2 Å². The normalized spacial score (nSPS) is 14.2. The third kappa shape index (κ3) is 7.53. The predicted molar refractivity (Wildman–Crippen MR) is 65.7 cm³/mol. The third-order valence-electron chi connectivity index (χ3n) is 2.10. The Hall–Kier alpha value is -1.73. The van der Waals surface area contributed by atoms with Crippen LogP contribution in [0.2, 0.25) is 0 Å². The van der Waals surface area contributed by atoms with Crippen molar-refractivity contribution in [2.45, 2.75) is 31.8 Å². The second-order valence-corrected chi connectivity index (χ2v) is 3.88. The molecule has 0 radical (unpaired) electrons. The van der Waals surface area contributed by atoms with E-state index in [2.05, 4.69) is 5.32 Å². The van der Waals surface area contributed by atoms with Crippen LogP contribution >= 0.6 is 0 Å². The first kappa shape index (κ1) is 16.3. The average Bonchev–Trinajstić information content (AvgIpc) is 2.26. The molecule has 0 saturated heterocycles. The summed E-state index contributed by atoms with van der Waals surface area (Å²) >= 11 is 0. The lowest BCUT2D eigenvalue weighted by atomic mass is 10.1. The van der Waals surface area contributed by atoms with E-state index in [9.17, 15) is 14.4 Å². The molecule has 0 aromatic rings. The van der Waals surface area contributed by atoms with Crippen LogP contribution in [0.4, 0.5) is 0 Å². The van der Waals surface area contributed by atoms with Gasteiger partial charge in [0.05, 0.1) is 6.04 Å². The van der Waals surface area contributed by atoms with Crippen LogP contribution < -0.4 is 16.8 Å². The van der Waals surface area contributed by atoms with Crippen molar-refractivity contribution in [2.75, 3.05) is 6.54 Å². The van der Waals surface area contributed by atoms with Crippen LogP contribution in [0.3, 0.4) is 0 Å². The fourth-order valence-corrected chi connectivity index (χ4v) is 1.21. The number of carboxylic acids is 1. The number of carbonyl (C=O) groups excluding carboxylic acids is 2. The number of amides is 1. The highest BCUT2D eigenvalue weighted by molar-refractivity contribution is 5.89. The fourth-order valence-electron chi connectivity index (χ4n) is 1.21. The molecule has 18 heavy (non-hydrogen) atoms. The van der Waals surface area contributed by atoms with Gasteiger partial charge in [0, 0.05) is 25.0 Å². The summed E-state index contributed by atoms with van der Waals surface area (Å²) in [5, 5.41) is 10.9. The monoisotopic (exact) mass is 257 g/mol. The summed E-state index contributed by atoms with van der Waals surface area (Å²) < 4.78 is 0. The van der Waals surface area contributed by atoms with Gasteiger partial charge in [-0.2, -0.15) is 0 Å². The van der Waals surface area contributed by atoms with Crippen LogP contribution in [0.25, 0.3) is 0 Å². The molecule has 7 heteroatoms. The van der Waals surface area contributed by atoms with Gasteiger partial charge >= 0.3 is 5.97 Å². The van der Waals surface area contributed by atoms with E-state index in [1.54, 1.807) is 6.92 Å². The Bertz CT molecular complexity index is 341. The Morgan fingerprint density at radius 3 is 2.50 bits per heavy atom. The molecule has 0 aliphatic carbocycles. The molecular formula is C11H19N3O4. The van der Waals surface area contributed by atoms with Crippen LogP contribution in [0, 0.1) is 0 Å². The van der Waals surface area contributed by atoms with Crippen LogP contribution in [-0.4, -0.2) is 41.4 Å². The molecule has 1 amide bonds. The van der Waals surface area contributed by atoms with Gasteiger partial charge < -0.3 is 21.9 Å². The molecule has 0 spiro atoms. The number of Topliss-reactive ketones (excluding diaryl/α,β-unsaturated/α-hetero) is 1. The highest BCUT2D eigenvalue weighted by atomic mass is 16.4. The average molecular weight is 257 g/mol. The van der Waals surface area contributed by atoms with Crippen LogP contribution in [0.1, 0.15) is 19.8 Å². The Morgan fingerprint density at radius 2 is 2.00 bits per heavy atom. The molecule has 7 nitrogen and oxygen atoms in total. The summed E-state index contributed by atoms with van der Waals surface area (Å²) in [5.41, 5.74) is 10.7. The summed E-state index contributed by atoms with van der Waals surface area (Å²) in [6.45, 7) is 1.83. The molecule has 0 bridgehead atoms. The number of nitrogens with one attached hydrogen (secondary N) is 1. The molecule has 0 aliphatic heterocycles. The minimum atomic E-state index is -1.10. The van der Waals surface area contributed by atoms with E-state index in [1.165, 1.54) is 6.08 Å². The zero-order valence-electron chi connectivity index (χ0n) is 10.3. The predicted octanol–water partition coefficient (Wildman–Crippen LogP) is -1.23. The van der Waals surface area contributed by atoms with Crippen molar-refractivity contribution in [1.29, 1.82) is 0 Å². The number of nitrogens with two attached hydrogens (primary N) is 2. The second-order valence-electron chi connectivity index (χ2n) is 3.88. The smallest absolute Gasteiger partial charge is 0.328 e. The van der Waals surface area contributed by atoms with E-state index in [1.807, 2.05) is 0 Å². The lowest BCUT2D eigenvalue weighted by molar-refractivity contribution is -0.131. The zero-order valence-corrected chi connectivity index (χ0v) is 10.3. The minimum absolute atomic E-state index is 0.0710. The van der Waals surface area contributed by atoms with Gasteiger partial charge in [-0.15, -0.1) is 0 Å². The van der Waals surface area contributed by atoms with Crippen molar-refractivity contribution >= 4 is 17.7 Å². The molecule has 0 aromatic carbocycles. The molecule has 0 aromatic heterocycles. The zero-order chi connectivity index (χ0) is 14.1. The summed E-state index contributed by atoms with van der Waals surface area (Å²) in [6, 6.07) is -1.41. The Kier molecular flexibility index (Phi) is 7.57. The number of carboxylic acid groups (broad SMARTS) is 1. The Morgan fingerprint density at radius 1 is 1.39 bits per heavy atom. The maximum absolute atomic E-state index is 11.5. The topological polar surface area (TPSA) is 136 Å². The number of hydrogen-bond donors (Lipinski definition) is 4. The van der Waals surface area contributed by atoms with Gasteiger partial charge in [0.25, 0.3) is 0 Å². The van der Waals surface area contributed by atoms with Crippen molar-refractivity contribution in [2.24, 2.45) is 11.5 Å². The van der Waals surface area contributed by atoms with E-state index in [0.29, 0.717) is 0 Å². The van der Waals surface area contributed by atoms with Gasteiger partial charge in [-0.05, 0) is 13.5 Å². The van der Waals surface area contributed by atoms with Crippen molar-refractivity contribution < 1.29 is 19.5 Å². The molecule has 0 saturated carbocycles. The number of hydrogen-bond acceptors (Lipinski definition) is 5. The fraction of sp³-hybridized carbons (Fsp3) is 0.545. The maximum Gasteiger partial charge on any atom is 0.328 e.